The minimum absolute atomic E-state index is 0.0616. The topological polar surface area (TPSA) is 43.8 Å². The second-order valence-corrected chi connectivity index (χ2v) is 4.06. The SMILES string of the molecule is Nc1nc2ccc(Cl)cc2n1CCC(F)(F)F. The Morgan fingerprint density at radius 3 is 2.71 bits per heavy atom. The third-order valence-electron chi connectivity index (χ3n) is 2.36. The smallest absolute Gasteiger partial charge is 0.369 e. The van der Waals surface area contributed by atoms with E-state index in [0.29, 0.717) is 16.1 Å². The number of aromatic nitrogens is 2. The Balaban J connectivity index is 2.38. The molecule has 0 saturated heterocycles. The first-order valence-corrected chi connectivity index (χ1v) is 5.22. The number of imidazole rings is 1. The molecule has 0 aliphatic carbocycles. The maximum absolute atomic E-state index is 12.2. The van der Waals surface area contributed by atoms with Gasteiger partial charge >= 0.3 is 6.18 Å². The van der Waals surface area contributed by atoms with Crippen molar-refractivity contribution in [1.29, 1.82) is 0 Å². The van der Waals surface area contributed by atoms with Crippen LogP contribution in [0, 0.1) is 0 Å². The molecule has 0 amide bonds. The summed E-state index contributed by atoms with van der Waals surface area (Å²) in [5, 5.41) is 0.436. The number of hydrogen-bond donors (Lipinski definition) is 1. The van der Waals surface area contributed by atoms with Crippen LogP contribution >= 0.6 is 11.6 Å². The average Bonchev–Trinajstić information content (AvgIpc) is 2.49. The summed E-state index contributed by atoms with van der Waals surface area (Å²) in [5.74, 6) is 0.0616. The van der Waals surface area contributed by atoms with Gasteiger partial charge in [0.1, 0.15) is 0 Å². The van der Waals surface area contributed by atoms with E-state index < -0.39 is 12.6 Å². The fraction of sp³-hybridized carbons (Fsp3) is 0.300. The molecule has 0 fully saturated rings. The monoisotopic (exact) mass is 263 g/mol. The van der Waals surface area contributed by atoms with Crippen molar-refractivity contribution in [2.24, 2.45) is 0 Å². The summed E-state index contributed by atoms with van der Waals surface area (Å²) in [6, 6.07) is 4.79. The Labute approximate surface area is 100.0 Å². The number of rotatable bonds is 2. The van der Waals surface area contributed by atoms with Gasteiger partial charge in [-0.15, -0.1) is 0 Å². The van der Waals surface area contributed by atoms with Crippen LogP contribution in [0.4, 0.5) is 19.1 Å². The highest BCUT2D eigenvalue weighted by Gasteiger charge is 2.27. The van der Waals surface area contributed by atoms with Crippen LogP contribution in [0.2, 0.25) is 5.02 Å². The van der Waals surface area contributed by atoms with Crippen molar-refractivity contribution in [1.82, 2.24) is 9.55 Å². The summed E-state index contributed by atoms with van der Waals surface area (Å²) in [4.78, 5) is 3.97. The maximum Gasteiger partial charge on any atom is 0.390 e. The summed E-state index contributed by atoms with van der Waals surface area (Å²) < 4.78 is 37.8. The summed E-state index contributed by atoms with van der Waals surface area (Å²) in [6.45, 7) is -0.258. The van der Waals surface area contributed by atoms with Gasteiger partial charge in [0.2, 0.25) is 5.95 Å². The van der Waals surface area contributed by atoms with Gasteiger partial charge in [-0.05, 0) is 18.2 Å². The molecule has 1 heterocycles. The molecule has 0 unspecified atom stereocenters. The molecule has 17 heavy (non-hydrogen) atoms. The van der Waals surface area contributed by atoms with Crippen LogP contribution in [0.25, 0.3) is 11.0 Å². The summed E-state index contributed by atoms with van der Waals surface area (Å²) in [7, 11) is 0. The molecular weight excluding hydrogens is 255 g/mol. The van der Waals surface area contributed by atoms with Crippen LogP contribution < -0.4 is 5.73 Å². The molecule has 1 aromatic carbocycles. The molecule has 0 aliphatic rings. The van der Waals surface area contributed by atoms with E-state index in [2.05, 4.69) is 4.98 Å². The quantitative estimate of drug-likeness (QED) is 0.904. The van der Waals surface area contributed by atoms with Crippen LogP contribution in [-0.2, 0) is 6.54 Å². The van der Waals surface area contributed by atoms with E-state index in [1.54, 1.807) is 18.2 Å². The lowest BCUT2D eigenvalue weighted by atomic mass is 10.3. The highest BCUT2D eigenvalue weighted by atomic mass is 35.5. The normalized spacial score (nSPS) is 12.2. The van der Waals surface area contributed by atoms with Crippen LogP contribution in [0.15, 0.2) is 18.2 Å². The molecule has 2 rings (SSSR count). The van der Waals surface area contributed by atoms with Gasteiger partial charge < -0.3 is 10.3 Å². The van der Waals surface area contributed by atoms with Crippen LogP contribution in [0.1, 0.15) is 6.42 Å². The molecule has 2 N–H and O–H groups in total. The predicted octanol–water partition coefficient (Wildman–Crippen LogP) is 3.22. The zero-order valence-electron chi connectivity index (χ0n) is 8.63. The number of alkyl halides is 3. The number of nitrogen functional groups attached to an aromatic ring is 1. The minimum Gasteiger partial charge on any atom is -0.369 e. The highest BCUT2D eigenvalue weighted by molar-refractivity contribution is 6.31. The molecule has 2 aromatic rings. The standard InChI is InChI=1S/C10H9ClF3N3/c11-6-1-2-7-8(5-6)17(9(15)16-7)4-3-10(12,13)14/h1-2,5H,3-4H2,(H2,15,16). The van der Waals surface area contributed by atoms with Crippen molar-refractivity contribution in [3.63, 3.8) is 0 Å². The minimum atomic E-state index is -4.22. The Morgan fingerprint density at radius 2 is 2.06 bits per heavy atom. The molecule has 0 aliphatic heterocycles. The fourth-order valence-electron chi connectivity index (χ4n) is 1.59. The highest BCUT2D eigenvalue weighted by Crippen LogP contribution is 2.25. The van der Waals surface area contributed by atoms with E-state index in [0.717, 1.165) is 0 Å². The van der Waals surface area contributed by atoms with E-state index in [9.17, 15) is 13.2 Å². The second kappa shape index (κ2) is 4.10. The molecule has 92 valence electrons. The Bertz CT molecular complexity index is 547. The Morgan fingerprint density at radius 1 is 1.35 bits per heavy atom. The van der Waals surface area contributed by atoms with Gasteiger partial charge in [0, 0.05) is 11.6 Å². The summed E-state index contributed by atoms with van der Waals surface area (Å²) in [6.07, 6.45) is -5.17. The average molecular weight is 264 g/mol. The van der Waals surface area contributed by atoms with Crippen LogP contribution in [0.5, 0.6) is 0 Å². The van der Waals surface area contributed by atoms with Crippen molar-refractivity contribution in [3.8, 4) is 0 Å². The number of nitrogens with two attached hydrogens (primary N) is 1. The first kappa shape index (κ1) is 12.0. The van der Waals surface area contributed by atoms with Crippen molar-refractivity contribution in [2.45, 2.75) is 19.1 Å². The third-order valence-corrected chi connectivity index (χ3v) is 2.59. The molecule has 0 spiro atoms. The lowest BCUT2D eigenvalue weighted by Crippen LogP contribution is -2.13. The lowest BCUT2D eigenvalue weighted by Gasteiger charge is -2.09. The van der Waals surface area contributed by atoms with Gasteiger partial charge in [0.05, 0.1) is 17.5 Å². The van der Waals surface area contributed by atoms with Crippen molar-refractivity contribution in [3.05, 3.63) is 23.2 Å². The predicted molar refractivity (Wildman–Crippen MR) is 59.8 cm³/mol. The largest absolute Gasteiger partial charge is 0.390 e. The van der Waals surface area contributed by atoms with Crippen LogP contribution in [0.3, 0.4) is 0 Å². The van der Waals surface area contributed by atoms with Gasteiger partial charge in [-0.3, -0.25) is 0 Å². The fourth-order valence-corrected chi connectivity index (χ4v) is 1.75. The maximum atomic E-state index is 12.2. The van der Waals surface area contributed by atoms with Crippen molar-refractivity contribution in [2.75, 3.05) is 5.73 Å². The van der Waals surface area contributed by atoms with E-state index in [1.807, 2.05) is 0 Å². The first-order valence-electron chi connectivity index (χ1n) is 4.85. The van der Waals surface area contributed by atoms with E-state index in [4.69, 9.17) is 17.3 Å². The van der Waals surface area contributed by atoms with E-state index in [1.165, 1.54) is 4.57 Å². The zero-order valence-corrected chi connectivity index (χ0v) is 9.39. The van der Waals surface area contributed by atoms with Gasteiger partial charge in [-0.1, -0.05) is 11.6 Å². The number of aryl methyl sites for hydroxylation is 1. The number of fused-ring (bicyclic) bond motifs is 1. The molecule has 0 saturated carbocycles. The third kappa shape index (κ3) is 2.63. The lowest BCUT2D eigenvalue weighted by molar-refractivity contribution is -0.136. The van der Waals surface area contributed by atoms with Gasteiger partial charge in [0.15, 0.2) is 0 Å². The molecule has 0 radical (unpaired) electrons. The van der Waals surface area contributed by atoms with Crippen LogP contribution in [-0.4, -0.2) is 15.7 Å². The number of hydrogen-bond acceptors (Lipinski definition) is 2. The van der Waals surface area contributed by atoms with Crippen molar-refractivity contribution < 1.29 is 13.2 Å². The molecular formula is C10H9ClF3N3. The zero-order chi connectivity index (χ0) is 12.6. The van der Waals surface area contributed by atoms with Gasteiger partial charge in [-0.25, -0.2) is 4.98 Å². The number of nitrogens with zero attached hydrogens (tertiary/aromatic N) is 2. The Kier molecular flexibility index (Phi) is 2.91. The Hall–Kier alpha value is -1.43. The van der Waals surface area contributed by atoms with E-state index in [-0.39, 0.29) is 12.5 Å². The first-order chi connectivity index (χ1) is 7.87. The van der Waals surface area contributed by atoms with Crippen molar-refractivity contribution >= 4 is 28.6 Å². The number of benzene rings is 1. The molecule has 7 heteroatoms. The summed E-state index contributed by atoms with van der Waals surface area (Å²) in [5.41, 5.74) is 6.62. The summed E-state index contributed by atoms with van der Waals surface area (Å²) >= 11 is 5.79. The number of halogens is 4. The number of anilines is 1. The molecule has 0 bridgehead atoms. The molecule has 3 nitrogen and oxygen atoms in total. The molecule has 1 aromatic heterocycles. The van der Waals surface area contributed by atoms with Gasteiger partial charge in [0.25, 0.3) is 0 Å². The van der Waals surface area contributed by atoms with Gasteiger partial charge in [-0.2, -0.15) is 13.2 Å². The second-order valence-electron chi connectivity index (χ2n) is 3.62. The van der Waals surface area contributed by atoms with E-state index >= 15 is 0 Å². The molecule has 0 atom stereocenters.